The van der Waals surface area contributed by atoms with E-state index in [-0.39, 0.29) is 18.2 Å². The van der Waals surface area contributed by atoms with Crippen molar-refractivity contribution in [1.29, 1.82) is 0 Å². The third kappa shape index (κ3) is 4.06. The molecule has 2 amide bonds. The van der Waals surface area contributed by atoms with Crippen LogP contribution in [0.3, 0.4) is 0 Å². The van der Waals surface area contributed by atoms with E-state index in [2.05, 4.69) is 35.8 Å². The second kappa shape index (κ2) is 7.22. The number of hydrogen-bond acceptors (Lipinski definition) is 9. The quantitative estimate of drug-likeness (QED) is 0.664. The number of carbonyl (C=O) groups is 2. The van der Waals surface area contributed by atoms with Crippen molar-refractivity contribution in [3.8, 4) is 0 Å². The summed E-state index contributed by atoms with van der Waals surface area (Å²) in [7, 11) is 0. The van der Waals surface area contributed by atoms with Crippen molar-refractivity contribution in [3.05, 3.63) is 40.4 Å². The first-order chi connectivity index (χ1) is 12.7. The summed E-state index contributed by atoms with van der Waals surface area (Å²) < 4.78 is 0. The highest BCUT2D eigenvalue weighted by atomic mass is 32.1. The molecule has 26 heavy (non-hydrogen) atoms. The zero-order valence-corrected chi connectivity index (χ0v) is 15.0. The average Bonchev–Trinajstić information content (AvgIpc) is 3.24. The maximum Gasteiger partial charge on any atom is 0.295 e. The lowest BCUT2D eigenvalue weighted by molar-refractivity contribution is -0.115. The molecule has 2 N–H and O–H groups in total. The molecule has 0 aromatic carbocycles. The van der Waals surface area contributed by atoms with Crippen LogP contribution in [0, 0.1) is 0 Å². The lowest BCUT2D eigenvalue weighted by Crippen LogP contribution is -2.16. The van der Waals surface area contributed by atoms with Gasteiger partial charge in [-0.3, -0.25) is 14.9 Å². The van der Waals surface area contributed by atoms with Crippen LogP contribution in [0.15, 0.2) is 23.8 Å². The third-order valence-corrected chi connectivity index (χ3v) is 5.30. The van der Waals surface area contributed by atoms with Crippen molar-refractivity contribution < 1.29 is 9.59 Å². The van der Waals surface area contributed by atoms with Gasteiger partial charge in [0.15, 0.2) is 5.13 Å². The first kappa shape index (κ1) is 16.7. The Bertz CT molecular complexity index is 936. The fourth-order valence-electron chi connectivity index (χ4n) is 2.12. The van der Waals surface area contributed by atoms with Gasteiger partial charge in [0.1, 0.15) is 5.01 Å². The smallest absolute Gasteiger partial charge is 0.295 e. The number of rotatable bonds is 6. The van der Waals surface area contributed by atoms with E-state index < -0.39 is 5.91 Å². The van der Waals surface area contributed by atoms with Crippen molar-refractivity contribution >= 4 is 44.8 Å². The molecular formula is C15H13N7O2S2. The van der Waals surface area contributed by atoms with Crippen LogP contribution in [0.1, 0.15) is 40.1 Å². The van der Waals surface area contributed by atoms with Gasteiger partial charge < -0.3 is 5.32 Å². The number of anilines is 2. The first-order valence-electron chi connectivity index (χ1n) is 7.83. The summed E-state index contributed by atoms with van der Waals surface area (Å²) in [5, 5.41) is 17.0. The van der Waals surface area contributed by atoms with Gasteiger partial charge >= 0.3 is 0 Å². The molecule has 0 saturated heterocycles. The summed E-state index contributed by atoms with van der Waals surface area (Å²) in [4.78, 5) is 36.1. The van der Waals surface area contributed by atoms with Crippen molar-refractivity contribution in [1.82, 2.24) is 25.1 Å². The molecule has 3 aromatic heterocycles. The molecule has 1 saturated carbocycles. The summed E-state index contributed by atoms with van der Waals surface area (Å²) in [6.07, 6.45) is 5.35. The first-order valence-corrected chi connectivity index (χ1v) is 9.53. The van der Waals surface area contributed by atoms with E-state index in [9.17, 15) is 9.59 Å². The van der Waals surface area contributed by atoms with Gasteiger partial charge in [-0.1, -0.05) is 11.3 Å². The van der Waals surface area contributed by atoms with Crippen LogP contribution in [0.5, 0.6) is 0 Å². The van der Waals surface area contributed by atoms with E-state index >= 15 is 0 Å². The summed E-state index contributed by atoms with van der Waals surface area (Å²) >= 11 is 2.64. The molecule has 1 aliphatic rings. The van der Waals surface area contributed by atoms with E-state index in [0.717, 1.165) is 17.8 Å². The Morgan fingerprint density at radius 3 is 2.69 bits per heavy atom. The maximum atomic E-state index is 12.1. The molecule has 0 bridgehead atoms. The van der Waals surface area contributed by atoms with E-state index in [1.54, 1.807) is 11.4 Å². The Balaban J connectivity index is 1.32. The zero-order chi connectivity index (χ0) is 17.9. The van der Waals surface area contributed by atoms with Crippen LogP contribution in [-0.4, -0.2) is 37.0 Å². The van der Waals surface area contributed by atoms with Crippen molar-refractivity contribution in [2.24, 2.45) is 0 Å². The number of amides is 2. The van der Waals surface area contributed by atoms with Crippen LogP contribution >= 0.6 is 22.7 Å². The fourth-order valence-corrected chi connectivity index (χ4v) is 3.76. The van der Waals surface area contributed by atoms with Crippen molar-refractivity contribution in [2.45, 2.75) is 25.2 Å². The van der Waals surface area contributed by atoms with Crippen LogP contribution in [0.2, 0.25) is 0 Å². The summed E-state index contributed by atoms with van der Waals surface area (Å²) in [6, 6.07) is 1.63. The molecule has 4 rings (SSSR count). The predicted octanol–water partition coefficient (Wildman–Crippen LogP) is 2.10. The second-order valence-corrected chi connectivity index (χ2v) is 7.48. The Labute approximate surface area is 155 Å². The van der Waals surface area contributed by atoms with Crippen LogP contribution in [0.25, 0.3) is 0 Å². The number of nitrogens with zero attached hydrogens (tertiary/aromatic N) is 5. The van der Waals surface area contributed by atoms with Crippen LogP contribution in [-0.2, 0) is 11.2 Å². The lowest BCUT2D eigenvalue weighted by atomic mass is 10.3. The highest BCUT2D eigenvalue weighted by Gasteiger charge is 2.27. The molecule has 3 aromatic rings. The lowest BCUT2D eigenvalue weighted by Gasteiger charge is -1.99. The molecule has 11 heteroatoms. The summed E-state index contributed by atoms with van der Waals surface area (Å²) in [5.41, 5.74) is 0.559. The summed E-state index contributed by atoms with van der Waals surface area (Å²) in [6.45, 7) is 0. The SMILES string of the molecule is O=C(Cc1csc(NC(=O)c2ncccn2)n1)Nc1nnc(C2CC2)s1. The number of nitrogens with one attached hydrogen (secondary N) is 2. The molecular weight excluding hydrogens is 374 g/mol. The standard InChI is InChI=1S/C15H13N7O2S2/c23-10(19-15-22-21-13(26-15)8-2-3-8)6-9-7-25-14(18-9)20-12(24)11-16-4-1-5-17-11/h1,4-5,7-8H,2-3,6H2,(H,18,20,24)(H,19,22,23). The van der Waals surface area contributed by atoms with Crippen molar-refractivity contribution in [3.63, 3.8) is 0 Å². The molecule has 0 aliphatic heterocycles. The monoisotopic (exact) mass is 387 g/mol. The maximum absolute atomic E-state index is 12.1. The molecule has 0 unspecified atom stereocenters. The Kier molecular flexibility index (Phi) is 4.63. The number of aromatic nitrogens is 5. The molecule has 3 heterocycles. The van der Waals surface area contributed by atoms with E-state index in [1.807, 2.05) is 0 Å². The highest BCUT2D eigenvalue weighted by molar-refractivity contribution is 7.15. The van der Waals surface area contributed by atoms with Gasteiger partial charge in [-0.2, -0.15) is 0 Å². The topological polar surface area (TPSA) is 123 Å². The van der Waals surface area contributed by atoms with Gasteiger partial charge in [-0.15, -0.1) is 21.5 Å². The highest BCUT2D eigenvalue weighted by Crippen LogP contribution is 2.42. The van der Waals surface area contributed by atoms with Crippen LogP contribution < -0.4 is 10.6 Å². The molecule has 132 valence electrons. The Morgan fingerprint density at radius 2 is 1.92 bits per heavy atom. The molecule has 1 fully saturated rings. The minimum absolute atomic E-state index is 0.0599. The van der Waals surface area contributed by atoms with Gasteiger partial charge in [0.25, 0.3) is 5.91 Å². The van der Waals surface area contributed by atoms with E-state index in [4.69, 9.17) is 0 Å². The fraction of sp³-hybridized carbons (Fsp3) is 0.267. The average molecular weight is 387 g/mol. The van der Waals surface area contributed by atoms with Gasteiger partial charge in [-0.25, -0.2) is 15.0 Å². The van der Waals surface area contributed by atoms with Crippen LogP contribution in [0.4, 0.5) is 10.3 Å². The third-order valence-electron chi connectivity index (χ3n) is 3.50. The van der Waals surface area contributed by atoms with Gasteiger partial charge in [-0.05, 0) is 18.9 Å². The minimum atomic E-state index is -0.447. The zero-order valence-electron chi connectivity index (χ0n) is 13.4. The van der Waals surface area contributed by atoms with E-state index in [1.165, 1.54) is 35.1 Å². The number of carbonyl (C=O) groups excluding carboxylic acids is 2. The van der Waals surface area contributed by atoms with Gasteiger partial charge in [0.2, 0.25) is 16.9 Å². The second-order valence-electron chi connectivity index (χ2n) is 5.62. The number of hydrogen-bond donors (Lipinski definition) is 2. The summed E-state index contributed by atoms with van der Waals surface area (Å²) in [5.74, 6) is -0.100. The van der Waals surface area contributed by atoms with Gasteiger partial charge in [0.05, 0.1) is 12.1 Å². The Hall–Kier alpha value is -2.79. The predicted molar refractivity (Wildman–Crippen MR) is 96.3 cm³/mol. The Morgan fingerprint density at radius 1 is 1.12 bits per heavy atom. The molecule has 9 nitrogen and oxygen atoms in total. The molecule has 1 aliphatic carbocycles. The van der Waals surface area contributed by atoms with Crippen molar-refractivity contribution in [2.75, 3.05) is 10.6 Å². The largest absolute Gasteiger partial charge is 0.300 e. The molecule has 0 atom stereocenters. The number of thiazole rings is 1. The minimum Gasteiger partial charge on any atom is -0.300 e. The molecule has 0 radical (unpaired) electrons. The normalized spacial score (nSPS) is 13.4. The molecule has 0 spiro atoms. The van der Waals surface area contributed by atoms with E-state index in [0.29, 0.717) is 21.9 Å². The van der Waals surface area contributed by atoms with Gasteiger partial charge in [0, 0.05) is 23.7 Å².